The Hall–Kier alpha value is -0.170. The predicted molar refractivity (Wildman–Crippen MR) is 69.8 cm³/mol. The highest BCUT2D eigenvalue weighted by molar-refractivity contribution is 7.87. The smallest absolute Gasteiger partial charge is 0.280 e. The van der Waals surface area contributed by atoms with Crippen molar-refractivity contribution in [1.82, 2.24) is 9.03 Å². The van der Waals surface area contributed by atoms with Crippen molar-refractivity contribution in [3.05, 3.63) is 0 Å². The zero-order valence-electron chi connectivity index (χ0n) is 11.3. The van der Waals surface area contributed by atoms with Gasteiger partial charge in [0.15, 0.2) is 0 Å². The summed E-state index contributed by atoms with van der Waals surface area (Å²) in [5, 5.41) is 0. The van der Waals surface area contributed by atoms with Crippen LogP contribution in [0.15, 0.2) is 0 Å². The van der Waals surface area contributed by atoms with Crippen molar-refractivity contribution in [2.75, 3.05) is 13.6 Å². The second-order valence-corrected chi connectivity index (χ2v) is 7.66. The fraction of sp³-hybridized carbons (Fsp3) is 1.00. The average molecular weight is 263 g/mol. The molecule has 6 heteroatoms. The SMILES string of the molecule is CN(C1(CN)CCCC1)S(=O)(=O)NC(C)(C)C. The maximum Gasteiger partial charge on any atom is 0.280 e. The lowest BCUT2D eigenvalue weighted by molar-refractivity contribution is 0.225. The molecule has 102 valence electrons. The molecule has 0 unspecified atom stereocenters. The molecule has 0 atom stereocenters. The molecule has 0 saturated heterocycles. The first-order chi connectivity index (χ1) is 7.63. The van der Waals surface area contributed by atoms with Crippen LogP contribution in [0.25, 0.3) is 0 Å². The molecule has 1 fully saturated rings. The molecule has 3 N–H and O–H groups in total. The average Bonchev–Trinajstić information content (AvgIpc) is 2.62. The first-order valence-corrected chi connectivity index (χ1v) is 7.55. The number of nitrogens with one attached hydrogen (secondary N) is 1. The van der Waals surface area contributed by atoms with E-state index in [-0.39, 0.29) is 0 Å². The van der Waals surface area contributed by atoms with Crippen molar-refractivity contribution in [2.24, 2.45) is 5.73 Å². The lowest BCUT2D eigenvalue weighted by Crippen LogP contribution is -2.58. The number of likely N-dealkylation sites (N-methyl/N-ethyl adjacent to an activating group) is 1. The van der Waals surface area contributed by atoms with Gasteiger partial charge in [0.25, 0.3) is 10.2 Å². The summed E-state index contributed by atoms with van der Waals surface area (Å²) in [7, 11) is -1.84. The van der Waals surface area contributed by atoms with E-state index in [1.165, 1.54) is 4.31 Å². The Morgan fingerprint density at radius 1 is 1.29 bits per heavy atom. The Morgan fingerprint density at radius 2 is 1.76 bits per heavy atom. The van der Waals surface area contributed by atoms with Crippen LogP contribution in [-0.2, 0) is 10.2 Å². The maximum absolute atomic E-state index is 12.3. The summed E-state index contributed by atoms with van der Waals surface area (Å²) in [4.78, 5) is 0. The minimum atomic E-state index is -3.47. The van der Waals surface area contributed by atoms with Crippen LogP contribution in [0.3, 0.4) is 0 Å². The lowest BCUT2D eigenvalue weighted by Gasteiger charge is -2.38. The lowest BCUT2D eigenvalue weighted by atomic mass is 9.98. The molecule has 0 aromatic heterocycles. The number of hydrogen-bond donors (Lipinski definition) is 2. The van der Waals surface area contributed by atoms with Crippen LogP contribution in [0.5, 0.6) is 0 Å². The Balaban J connectivity index is 2.91. The van der Waals surface area contributed by atoms with E-state index in [1.807, 2.05) is 20.8 Å². The molecule has 1 aliphatic carbocycles. The van der Waals surface area contributed by atoms with Gasteiger partial charge in [0, 0.05) is 24.7 Å². The Labute approximate surface area is 105 Å². The summed E-state index contributed by atoms with van der Waals surface area (Å²) in [6.45, 7) is 5.89. The molecule has 0 radical (unpaired) electrons. The maximum atomic E-state index is 12.3. The van der Waals surface area contributed by atoms with Gasteiger partial charge < -0.3 is 5.73 Å². The van der Waals surface area contributed by atoms with E-state index in [0.29, 0.717) is 6.54 Å². The van der Waals surface area contributed by atoms with E-state index < -0.39 is 21.3 Å². The summed E-state index contributed by atoms with van der Waals surface area (Å²) in [5.74, 6) is 0. The quantitative estimate of drug-likeness (QED) is 0.788. The molecule has 17 heavy (non-hydrogen) atoms. The number of nitrogens with two attached hydrogens (primary N) is 1. The van der Waals surface area contributed by atoms with Crippen LogP contribution in [0, 0.1) is 0 Å². The largest absolute Gasteiger partial charge is 0.329 e. The van der Waals surface area contributed by atoms with Crippen molar-refractivity contribution in [3.8, 4) is 0 Å². The monoisotopic (exact) mass is 263 g/mol. The van der Waals surface area contributed by atoms with Gasteiger partial charge in [0.05, 0.1) is 0 Å². The van der Waals surface area contributed by atoms with Crippen LogP contribution in [0.2, 0.25) is 0 Å². The van der Waals surface area contributed by atoms with Gasteiger partial charge in [0.1, 0.15) is 0 Å². The second-order valence-electron chi connectivity index (χ2n) is 5.96. The molecule has 1 aliphatic rings. The van der Waals surface area contributed by atoms with Crippen molar-refractivity contribution < 1.29 is 8.42 Å². The summed E-state index contributed by atoms with van der Waals surface area (Å²) in [6, 6.07) is 0. The zero-order chi connectivity index (χ0) is 13.3. The number of nitrogens with zero attached hydrogens (tertiary/aromatic N) is 1. The molecule has 0 aromatic rings. The molecule has 0 bridgehead atoms. The van der Waals surface area contributed by atoms with Gasteiger partial charge in [-0.25, -0.2) is 0 Å². The van der Waals surface area contributed by atoms with Gasteiger partial charge >= 0.3 is 0 Å². The highest BCUT2D eigenvalue weighted by Gasteiger charge is 2.42. The standard InChI is InChI=1S/C11H25N3O2S/c1-10(2,3)13-17(15,16)14(4)11(9-12)7-5-6-8-11/h13H,5-9,12H2,1-4H3. The third kappa shape index (κ3) is 3.40. The van der Waals surface area contributed by atoms with Gasteiger partial charge in [-0.3, -0.25) is 0 Å². The molecule has 0 spiro atoms. The normalized spacial score (nSPS) is 21.1. The van der Waals surface area contributed by atoms with Crippen molar-refractivity contribution in [1.29, 1.82) is 0 Å². The predicted octanol–water partition coefficient (Wildman–Crippen LogP) is 0.823. The van der Waals surface area contributed by atoms with Crippen LogP contribution in [0.4, 0.5) is 0 Å². The van der Waals surface area contributed by atoms with Crippen LogP contribution in [-0.4, -0.2) is 37.4 Å². The molecular formula is C11H25N3O2S. The third-order valence-corrected chi connectivity index (χ3v) is 5.36. The Bertz CT molecular complexity index is 353. The molecular weight excluding hydrogens is 238 g/mol. The highest BCUT2D eigenvalue weighted by Crippen LogP contribution is 2.35. The van der Waals surface area contributed by atoms with Crippen LogP contribution < -0.4 is 10.5 Å². The van der Waals surface area contributed by atoms with E-state index in [9.17, 15) is 8.42 Å². The van der Waals surface area contributed by atoms with Crippen molar-refractivity contribution in [2.45, 2.75) is 57.5 Å². The van der Waals surface area contributed by atoms with Crippen molar-refractivity contribution >= 4 is 10.2 Å². The fourth-order valence-corrected chi connectivity index (χ4v) is 4.07. The molecule has 0 aliphatic heterocycles. The number of hydrogen-bond acceptors (Lipinski definition) is 3. The van der Waals surface area contributed by atoms with E-state index >= 15 is 0 Å². The van der Waals surface area contributed by atoms with Crippen molar-refractivity contribution in [3.63, 3.8) is 0 Å². The zero-order valence-corrected chi connectivity index (χ0v) is 12.1. The van der Waals surface area contributed by atoms with E-state index in [4.69, 9.17) is 5.73 Å². The first kappa shape index (κ1) is 14.9. The summed E-state index contributed by atoms with van der Waals surface area (Å²) >= 11 is 0. The minimum Gasteiger partial charge on any atom is -0.329 e. The topological polar surface area (TPSA) is 75.4 Å². The van der Waals surface area contributed by atoms with Gasteiger partial charge in [0.2, 0.25) is 0 Å². The third-order valence-electron chi connectivity index (χ3n) is 3.38. The molecule has 0 amide bonds. The summed E-state index contributed by atoms with van der Waals surface area (Å²) in [5.41, 5.74) is 4.93. The molecule has 0 heterocycles. The second kappa shape index (κ2) is 4.84. The van der Waals surface area contributed by atoms with E-state index in [2.05, 4.69) is 4.72 Å². The van der Waals surface area contributed by atoms with Crippen LogP contribution in [0.1, 0.15) is 46.5 Å². The Morgan fingerprint density at radius 3 is 2.12 bits per heavy atom. The molecule has 0 aromatic carbocycles. The van der Waals surface area contributed by atoms with E-state index in [1.54, 1.807) is 7.05 Å². The van der Waals surface area contributed by atoms with Crippen LogP contribution >= 0.6 is 0 Å². The van der Waals surface area contributed by atoms with Gasteiger partial charge in [-0.05, 0) is 33.6 Å². The van der Waals surface area contributed by atoms with Gasteiger partial charge in [-0.15, -0.1) is 0 Å². The van der Waals surface area contributed by atoms with Gasteiger partial charge in [-0.1, -0.05) is 12.8 Å². The summed E-state index contributed by atoms with van der Waals surface area (Å²) in [6.07, 6.45) is 3.80. The van der Waals surface area contributed by atoms with Gasteiger partial charge in [-0.2, -0.15) is 17.4 Å². The highest BCUT2D eigenvalue weighted by atomic mass is 32.2. The first-order valence-electron chi connectivity index (χ1n) is 6.11. The number of rotatable bonds is 4. The Kier molecular flexibility index (Phi) is 4.24. The summed E-state index contributed by atoms with van der Waals surface area (Å²) < 4.78 is 28.6. The molecule has 1 rings (SSSR count). The molecule has 1 saturated carbocycles. The fourth-order valence-electron chi connectivity index (χ4n) is 2.39. The van der Waals surface area contributed by atoms with E-state index in [0.717, 1.165) is 25.7 Å². The minimum absolute atomic E-state index is 0.383. The molecule has 5 nitrogen and oxygen atoms in total.